The summed E-state index contributed by atoms with van der Waals surface area (Å²) in [6, 6.07) is 0. The van der Waals surface area contributed by atoms with E-state index in [1.165, 1.54) is 11.3 Å². The molecule has 4 nitrogen and oxygen atoms in total. The zero-order chi connectivity index (χ0) is 16.5. The first kappa shape index (κ1) is 18.0. The average Bonchev–Trinajstić information content (AvgIpc) is 2.33. The van der Waals surface area contributed by atoms with Gasteiger partial charge in [0.1, 0.15) is 17.4 Å². The van der Waals surface area contributed by atoms with Crippen LogP contribution >= 0.6 is 0 Å². The van der Waals surface area contributed by atoms with Crippen molar-refractivity contribution in [2.45, 2.75) is 78.4 Å². The maximum absolute atomic E-state index is 12.3. The largest absolute Gasteiger partial charge is 0.444 e. The summed E-state index contributed by atoms with van der Waals surface area (Å²) < 4.78 is 5.42. The van der Waals surface area contributed by atoms with Crippen molar-refractivity contribution in [3.63, 3.8) is 0 Å². The van der Waals surface area contributed by atoms with Crippen LogP contribution in [0.5, 0.6) is 0 Å². The number of aldehydes is 1. The third-order valence-corrected chi connectivity index (χ3v) is 4.66. The van der Waals surface area contributed by atoms with Gasteiger partial charge in [-0.15, -0.1) is 0 Å². The lowest BCUT2D eigenvalue weighted by atomic mass is 9.66. The van der Waals surface area contributed by atoms with Crippen molar-refractivity contribution in [1.82, 2.24) is 4.90 Å². The fourth-order valence-corrected chi connectivity index (χ4v) is 3.17. The second kappa shape index (κ2) is 5.98. The van der Waals surface area contributed by atoms with Gasteiger partial charge in [0, 0.05) is 7.05 Å². The van der Waals surface area contributed by atoms with Crippen molar-refractivity contribution < 1.29 is 14.3 Å². The Labute approximate surface area is 129 Å². The van der Waals surface area contributed by atoms with E-state index >= 15 is 0 Å². The smallest absolute Gasteiger partial charge is 0.410 e. The molecule has 1 aliphatic carbocycles. The van der Waals surface area contributed by atoms with Crippen LogP contribution in [0.25, 0.3) is 0 Å². The van der Waals surface area contributed by atoms with Crippen LogP contribution in [0.1, 0.15) is 67.2 Å². The molecule has 0 bridgehead atoms. The number of hydrogen-bond donors (Lipinski definition) is 0. The molecule has 1 saturated carbocycles. The molecule has 1 aliphatic rings. The quantitative estimate of drug-likeness (QED) is 0.739. The molecule has 0 aliphatic heterocycles. The summed E-state index contributed by atoms with van der Waals surface area (Å²) in [4.78, 5) is 25.6. The summed E-state index contributed by atoms with van der Waals surface area (Å²) in [5, 5.41) is 0. The van der Waals surface area contributed by atoms with E-state index in [9.17, 15) is 9.59 Å². The van der Waals surface area contributed by atoms with Crippen molar-refractivity contribution in [1.29, 1.82) is 0 Å². The summed E-state index contributed by atoms with van der Waals surface area (Å²) in [5.41, 5.74) is -1.14. The van der Waals surface area contributed by atoms with Gasteiger partial charge in [-0.25, -0.2) is 4.79 Å². The lowest BCUT2D eigenvalue weighted by Crippen LogP contribution is -2.56. The molecule has 2 unspecified atom stereocenters. The Morgan fingerprint density at radius 1 is 1.29 bits per heavy atom. The molecule has 4 heteroatoms. The van der Waals surface area contributed by atoms with Crippen molar-refractivity contribution >= 4 is 12.4 Å². The fourth-order valence-electron chi connectivity index (χ4n) is 3.17. The molecular weight excluding hydrogens is 266 g/mol. The van der Waals surface area contributed by atoms with Crippen LogP contribution in [0.2, 0.25) is 0 Å². The topological polar surface area (TPSA) is 46.6 Å². The molecule has 0 spiro atoms. The van der Waals surface area contributed by atoms with Crippen LogP contribution in [0.15, 0.2) is 0 Å². The zero-order valence-corrected chi connectivity index (χ0v) is 14.7. The third kappa shape index (κ3) is 4.45. The average molecular weight is 297 g/mol. The Morgan fingerprint density at radius 3 is 2.29 bits per heavy atom. The summed E-state index contributed by atoms with van der Waals surface area (Å²) in [5.74, 6) is 0.177. The van der Waals surface area contributed by atoms with Crippen molar-refractivity contribution in [2.24, 2.45) is 11.3 Å². The number of likely N-dealkylation sites (N-methyl/N-ethyl adjacent to an activating group) is 1. The number of carbonyl (C=O) groups is 2. The van der Waals surface area contributed by atoms with Gasteiger partial charge in [-0.3, -0.25) is 4.90 Å². The Bertz CT molecular complexity index is 397. The first-order valence-electron chi connectivity index (χ1n) is 7.84. The van der Waals surface area contributed by atoms with E-state index in [0.717, 1.165) is 25.5 Å². The Kier molecular flexibility index (Phi) is 5.12. The molecule has 0 heterocycles. The van der Waals surface area contributed by atoms with Gasteiger partial charge in [-0.1, -0.05) is 20.3 Å². The molecular formula is C17H31NO3. The van der Waals surface area contributed by atoms with E-state index in [1.54, 1.807) is 7.05 Å². The first-order chi connectivity index (χ1) is 9.41. The molecule has 0 aromatic rings. The SMILES string of the molecule is CN(C(=O)OC(C)(C)C)C(C)(C=O)C1CCCC(C)(C)C1. The number of nitrogens with zero attached hydrogens (tertiary/aromatic N) is 1. The molecule has 2 atom stereocenters. The highest BCUT2D eigenvalue weighted by atomic mass is 16.6. The van der Waals surface area contributed by atoms with Gasteiger partial charge in [0.15, 0.2) is 0 Å². The second-order valence-electron chi connectivity index (χ2n) is 8.34. The highest BCUT2D eigenvalue weighted by molar-refractivity contribution is 5.76. The van der Waals surface area contributed by atoms with Crippen molar-refractivity contribution in [3.8, 4) is 0 Å². The van der Waals surface area contributed by atoms with E-state index in [4.69, 9.17) is 4.74 Å². The van der Waals surface area contributed by atoms with E-state index in [-0.39, 0.29) is 11.3 Å². The maximum atomic E-state index is 12.3. The molecule has 122 valence electrons. The minimum atomic E-state index is -0.806. The number of carbonyl (C=O) groups excluding carboxylic acids is 2. The van der Waals surface area contributed by atoms with Crippen LogP contribution < -0.4 is 0 Å². The molecule has 0 N–H and O–H groups in total. The van der Waals surface area contributed by atoms with Crippen LogP contribution in [0.3, 0.4) is 0 Å². The van der Waals surface area contributed by atoms with Gasteiger partial charge in [0.05, 0.1) is 0 Å². The van der Waals surface area contributed by atoms with Crippen molar-refractivity contribution in [2.75, 3.05) is 7.05 Å². The monoisotopic (exact) mass is 297 g/mol. The highest BCUT2D eigenvalue weighted by Gasteiger charge is 2.45. The number of hydrogen-bond acceptors (Lipinski definition) is 3. The van der Waals surface area contributed by atoms with Crippen LogP contribution in [-0.2, 0) is 9.53 Å². The third-order valence-electron chi connectivity index (χ3n) is 4.66. The van der Waals surface area contributed by atoms with Gasteiger partial charge in [0.2, 0.25) is 0 Å². The summed E-state index contributed by atoms with van der Waals surface area (Å²) in [6.45, 7) is 11.8. The molecule has 1 rings (SSSR count). The normalized spacial score (nSPS) is 24.8. The molecule has 0 aromatic carbocycles. The van der Waals surface area contributed by atoms with Crippen LogP contribution in [0.4, 0.5) is 4.79 Å². The number of amides is 1. The standard InChI is InChI=1S/C17H31NO3/c1-15(2,3)21-14(20)18(7)17(6,12-19)13-9-8-10-16(4,5)11-13/h12-13H,8-11H2,1-7H3. The lowest BCUT2D eigenvalue weighted by molar-refractivity contribution is -0.122. The van der Waals surface area contributed by atoms with Crippen molar-refractivity contribution in [3.05, 3.63) is 0 Å². The second-order valence-corrected chi connectivity index (χ2v) is 8.34. The van der Waals surface area contributed by atoms with E-state index in [1.807, 2.05) is 27.7 Å². The van der Waals surface area contributed by atoms with E-state index in [0.29, 0.717) is 0 Å². The minimum Gasteiger partial charge on any atom is -0.444 e. The first-order valence-corrected chi connectivity index (χ1v) is 7.84. The number of rotatable bonds is 3. The van der Waals surface area contributed by atoms with Gasteiger partial charge < -0.3 is 9.53 Å². The fraction of sp³-hybridized carbons (Fsp3) is 0.882. The van der Waals surface area contributed by atoms with Gasteiger partial charge >= 0.3 is 6.09 Å². The summed E-state index contributed by atoms with van der Waals surface area (Å²) >= 11 is 0. The predicted octanol–water partition coefficient (Wildman–Crippen LogP) is 4.03. The molecule has 21 heavy (non-hydrogen) atoms. The lowest BCUT2D eigenvalue weighted by Gasteiger charge is -2.46. The van der Waals surface area contributed by atoms with E-state index < -0.39 is 17.2 Å². The molecule has 1 fully saturated rings. The maximum Gasteiger partial charge on any atom is 0.410 e. The van der Waals surface area contributed by atoms with Crippen LogP contribution in [0, 0.1) is 11.3 Å². The predicted molar refractivity (Wildman–Crippen MR) is 84.2 cm³/mol. The van der Waals surface area contributed by atoms with Gasteiger partial charge in [-0.2, -0.15) is 0 Å². The Balaban J connectivity index is 2.92. The van der Waals surface area contributed by atoms with Gasteiger partial charge in [0.25, 0.3) is 0 Å². The molecule has 1 amide bonds. The minimum absolute atomic E-state index is 0.177. The Morgan fingerprint density at radius 2 is 1.86 bits per heavy atom. The number of ether oxygens (including phenoxy) is 1. The summed E-state index contributed by atoms with van der Waals surface area (Å²) in [7, 11) is 1.67. The summed E-state index contributed by atoms with van der Waals surface area (Å²) in [6.07, 6.45) is 4.70. The van der Waals surface area contributed by atoms with E-state index in [2.05, 4.69) is 13.8 Å². The molecule has 0 radical (unpaired) electrons. The zero-order valence-electron chi connectivity index (χ0n) is 14.7. The highest BCUT2D eigenvalue weighted by Crippen LogP contribution is 2.44. The van der Waals surface area contributed by atoms with Gasteiger partial charge in [-0.05, 0) is 58.3 Å². The van der Waals surface area contributed by atoms with Crippen LogP contribution in [-0.4, -0.2) is 35.5 Å². The molecule has 0 saturated heterocycles. The Hall–Kier alpha value is -1.06. The molecule has 0 aromatic heterocycles.